The summed E-state index contributed by atoms with van der Waals surface area (Å²) in [7, 11) is 0. The molecule has 0 fully saturated rings. The molecule has 1 N–H and O–H groups in total. The minimum atomic E-state index is 0.0224. The molecule has 0 aliphatic rings. The van der Waals surface area contributed by atoms with Crippen molar-refractivity contribution in [1.82, 2.24) is 0 Å². The zero-order valence-corrected chi connectivity index (χ0v) is 4.18. The highest BCUT2D eigenvalue weighted by Crippen LogP contribution is 1.85. The molecule has 2 nitrogen and oxygen atoms in total. The molecule has 0 atom stereocenters. The van der Waals surface area contributed by atoms with Crippen molar-refractivity contribution >= 4 is 0 Å². The average Bonchev–Trinajstić information content (AvgIpc) is 1.61. The number of rotatable bonds is 3. The van der Waals surface area contributed by atoms with Gasteiger partial charge in [0.1, 0.15) is 6.61 Å². The summed E-state index contributed by atoms with van der Waals surface area (Å²) in [6, 6.07) is 0. The van der Waals surface area contributed by atoms with Crippen LogP contribution in [0.15, 0.2) is 12.3 Å². The van der Waals surface area contributed by atoms with Crippen molar-refractivity contribution in [2.45, 2.75) is 0 Å². The number of ether oxygens (including phenoxy) is 1. The van der Waals surface area contributed by atoms with Crippen LogP contribution in [-0.2, 0) is 4.74 Å². The fraction of sp³-hybridized carbons (Fsp3) is 0.400. The Morgan fingerprint density at radius 3 is 2.43 bits per heavy atom. The predicted molar refractivity (Wildman–Crippen MR) is 27.5 cm³/mol. The number of hydrogen-bond donors (Lipinski definition) is 1. The van der Waals surface area contributed by atoms with Gasteiger partial charge in [-0.1, -0.05) is 6.58 Å². The Balaban J connectivity index is 2.82. The second kappa shape index (κ2) is 3.68. The highest BCUT2D eigenvalue weighted by Gasteiger charge is 1.79. The Labute approximate surface area is 43.4 Å². The molecule has 0 aromatic heterocycles. The van der Waals surface area contributed by atoms with Crippen LogP contribution in [0.2, 0.25) is 0 Å². The molecule has 7 heavy (non-hydrogen) atoms. The van der Waals surface area contributed by atoms with E-state index in [1.54, 1.807) is 0 Å². The highest BCUT2D eigenvalue weighted by molar-refractivity contribution is 4.84. The fourth-order valence-corrected chi connectivity index (χ4v) is 0.190. The van der Waals surface area contributed by atoms with Crippen molar-refractivity contribution in [3.63, 3.8) is 0 Å². The van der Waals surface area contributed by atoms with E-state index in [2.05, 4.69) is 18.2 Å². The maximum atomic E-state index is 8.12. The second-order valence-electron chi connectivity index (χ2n) is 1.11. The van der Waals surface area contributed by atoms with Crippen LogP contribution in [0.3, 0.4) is 0 Å². The molecular weight excluding hydrogens is 92.1 g/mol. The van der Waals surface area contributed by atoms with Gasteiger partial charge < -0.3 is 9.84 Å². The van der Waals surface area contributed by atoms with Gasteiger partial charge in [-0.3, -0.25) is 0 Å². The van der Waals surface area contributed by atoms with Crippen molar-refractivity contribution in [3.05, 3.63) is 19.3 Å². The molecule has 0 saturated carbocycles. The van der Waals surface area contributed by atoms with Crippen LogP contribution < -0.4 is 0 Å². The summed E-state index contributed by atoms with van der Waals surface area (Å²) in [5, 5.41) is 8.12. The predicted octanol–water partition coefficient (Wildman–Crippen LogP) is 0.343. The van der Waals surface area contributed by atoms with Crippen LogP contribution in [0.4, 0.5) is 0 Å². The lowest BCUT2D eigenvalue weighted by atomic mass is 10.6. The molecule has 0 rings (SSSR count). The molecule has 1 radical (unpaired) electrons. The van der Waals surface area contributed by atoms with E-state index >= 15 is 0 Å². The topological polar surface area (TPSA) is 29.5 Å². The van der Waals surface area contributed by atoms with Crippen LogP contribution in [0, 0.1) is 6.92 Å². The van der Waals surface area contributed by atoms with Crippen molar-refractivity contribution in [1.29, 1.82) is 0 Å². The smallest absolute Gasteiger partial charge is 0.111 e. The van der Waals surface area contributed by atoms with Crippen molar-refractivity contribution in [2.75, 3.05) is 13.2 Å². The molecule has 0 aromatic carbocycles. The van der Waals surface area contributed by atoms with Crippen molar-refractivity contribution in [2.24, 2.45) is 0 Å². The lowest BCUT2D eigenvalue weighted by molar-refractivity contribution is 0.152. The molecule has 2 heteroatoms. The third-order valence-corrected chi connectivity index (χ3v) is 0.397. The summed E-state index contributed by atoms with van der Waals surface area (Å²) in [6.45, 7) is 7.01. The largest absolute Gasteiger partial charge is 0.496 e. The molecular formula is C5H9O2. The molecule has 0 unspecified atom stereocenters. The maximum absolute atomic E-state index is 8.12. The van der Waals surface area contributed by atoms with E-state index in [-0.39, 0.29) is 6.61 Å². The second-order valence-corrected chi connectivity index (χ2v) is 1.11. The van der Waals surface area contributed by atoms with Gasteiger partial charge in [0.15, 0.2) is 0 Å². The molecule has 0 aromatic rings. The Morgan fingerprint density at radius 2 is 2.29 bits per heavy atom. The summed E-state index contributed by atoms with van der Waals surface area (Å²) >= 11 is 0. The van der Waals surface area contributed by atoms with Gasteiger partial charge in [0.05, 0.1) is 12.4 Å². The van der Waals surface area contributed by atoms with Crippen LogP contribution >= 0.6 is 0 Å². The molecule has 41 valence electrons. The quantitative estimate of drug-likeness (QED) is 0.519. The number of aliphatic hydroxyl groups excluding tert-OH is 1. The summed E-state index contributed by atoms with van der Waals surface area (Å²) in [6.07, 6.45) is 0. The Bertz CT molecular complexity index is 59.1. The van der Waals surface area contributed by atoms with Crippen LogP contribution in [-0.4, -0.2) is 18.3 Å². The Morgan fingerprint density at radius 1 is 1.71 bits per heavy atom. The first kappa shape index (κ1) is 6.50. The maximum Gasteiger partial charge on any atom is 0.111 e. The molecule has 0 amide bonds. The summed E-state index contributed by atoms with van der Waals surface area (Å²) in [4.78, 5) is 0. The Kier molecular flexibility index (Phi) is 3.42. The minimum Gasteiger partial charge on any atom is -0.496 e. The molecule has 0 bridgehead atoms. The monoisotopic (exact) mass is 101 g/mol. The van der Waals surface area contributed by atoms with Gasteiger partial charge in [-0.2, -0.15) is 0 Å². The van der Waals surface area contributed by atoms with E-state index in [4.69, 9.17) is 5.11 Å². The van der Waals surface area contributed by atoms with Gasteiger partial charge in [0.2, 0.25) is 0 Å². The SMILES string of the molecule is [CH2]C(=C)OCCO. The van der Waals surface area contributed by atoms with Crippen molar-refractivity contribution < 1.29 is 9.84 Å². The summed E-state index contributed by atoms with van der Waals surface area (Å²) in [5.41, 5.74) is 0. The van der Waals surface area contributed by atoms with E-state index in [1.807, 2.05) is 0 Å². The molecule has 0 spiro atoms. The lowest BCUT2D eigenvalue weighted by Crippen LogP contribution is -1.95. The van der Waals surface area contributed by atoms with Gasteiger partial charge in [-0.25, -0.2) is 0 Å². The molecule has 0 saturated heterocycles. The van der Waals surface area contributed by atoms with Crippen molar-refractivity contribution in [3.8, 4) is 0 Å². The van der Waals surface area contributed by atoms with E-state index in [9.17, 15) is 0 Å². The van der Waals surface area contributed by atoms with E-state index < -0.39 is 0 Å². The van der Waals surface area contributed by atoms with E-state index in [0.29, 0.717) is 12.4 Å². The number of aliphatic hydroxyl groups is 1. The van der Waals surface area contributed by atoms with Gasteiger partial charge >= 0.3 is 0 Å². The third kappa shape index (κ3) is 5.50. The first-order chi connectivity index (χ1) is 3.27. The van der Waals surface area contributed by atoms with E-state index in [0.717, 1.165) is 0 Å². The third-order valence-electron chi connectivity index (χ3n) is 0.397. The molecule has 0 aliphatic carbocycles. The average molecular weight is 101 g/mol. The first-order valence-electron chi connectivity index (χ1n) is 2.02. The fourth-order valence-electron chi connectivity index (χ4n) is 0.190. The minimum absolute atomic E-state index is 0.0224. The zero-order valence-electron chi connectivity index (χ0n) is 4.18. The van der Waals surface area contributed by atoms with Gasteiger partial charge in [-0.05, 0) is 0 Å². The zero-order chi connectivity index (χ0) is 5.70. The van der Waals surface area contributed by atoms with Crippen LogP contribution in [0.25, 0.3) is 0 Å². The number of allylic oxidation sites excluding steroid dienone is 1. The summed E-state index contributed by atoms with van der Waals surface area (Å²) < 4.78 is 4.64. The summed E-state index contributed by atoms with van der Waals surface area (Å²) in [5.74, 6) is 0.397. The van der Waals surface area contributed by atoms with Gasteiger partial charge in [0.25, 0.3) is 0 Å². The lowest BCUT2D eigenvalue weighted by Gasteiger charge is -1.98. The number of hydrogen-bond acceptors (Lipinski definition) is 2. The van der Waals surface area contributed by atoms with Crippen LogP contribution in [0.1, 0.15) is 0 Å². The van der Waals surface area contributed by atoms with Crippen LogP contribution in [0.5, 0.6) is 0 Å². The first-order valence-corrected chi connectivity index (χ1v) is 2.02. The highest BCUT2D eigenvalue weighted by atomic mass is 16.5. The van der Waals surface area contributed by atoms with Gasteiger partial charge in [-0.15, -0.1) is 0 Å². The molecule has 0 aliphatic heterocycles. The standard InChI is InChI=1S/C5H9O2/c1-5(2)7-4-3-6/h6H,1-4H2. The normalized spacial score (nSPS) is 8.29. The molecule has 0 heterocycles. The van der Waals surface area contributed by atoms with E-state index in [1.165, 1.54) is 0 Å². The van der Waals surface area contributed by atoms with Gasteiger partial charge in [0, 0.05) is 6.92 Å². The Hall–Kier alpha value is -0.500.